The van der Waals surface area contributed by atoms with Gasteiger partial charge < -0.3 is 10.6 Å². The topological polar surface area (TPSA) is 55.0 Å². The lowest BCUT2D eigenvalue weighted by atomic mass is 10.3. The maximum absolute atomic E-state index is 5.90. The summed E-state index contributed by atoms with van der Waals surface area (Å²) < 4.78 is 1.17. The third-order valence-corrected chi connectivity index (χ3v) is 3.65. The summed E-state index contributed by atoms with van der Waals surface area (Å²) in [6.45, 7) is 1.91. The summed E-state index contributed by atoms with van der Waals surface area (Å²) in [5, 5.41) is 2.05. The first-order valence-electron chi connectivity index (χ1n) is 5.03. The van der Waals surface area contributed by atoms with Gasteiger partial charge in [-0.15, -0.1) is 23.7 Å². The van der Waals surface area contributed by atoms with Crippen molar-refractivity contribution in [3.63, 3.8) is 0 Å². The smallest absolute Gasteiger partial charge is 0.150 e. The van der Waals surface area contributed by atoms with Crippen LogP contribution in [0.15, 0.2) is 17.8 Å². The lowest BCUT2D eigenvalue weighted by Gasteiger charge is -2.16. The fourth-order valence-corrected chi connectivity index (χ4v) is 2.84. The Morgan fingerprint density at radius 2 is 2.31 bits per heavy atom. The van der Waals surface area contributed by atoms with Gasteiger partial charge in [0.25, 0.3) is 0 Å². The Bertz CT molecular complexity index is 486. The van der Waals surface area contributed by atoms with Gasteiger partial charge in [-0.25, -0.2) is 9.97 Å². The third kappa shape index (κ3) is 1.86. The van der Waals surface area contributed by atoms with E-state index in [1.165, 1.54) is 4.70 Å². The van der Waals surface area contributed by atoms with Gasteiger partial charge in [-0.2, -0.15) is 0 Å². The average molecular weight is 257 g/mol. The number of hydrogen-bond acceptors (Lipinski definition) is 5. The molecule has 1 saturated heterocycles. The predicted octanol–water partition coefficient (Wildman–Crippen LogP) is 1.65. The van der Waals surface area contributed by atoms with Crippen molar-refractivity contribution in [2.24, 2.45) is 5.73 Å². The van der Waals surface area contributed by atoms with Gasteiger partial charge in [0.05, 0.1) is 10.2 Å². The molecule has 3 rings (SSSR count). The largest absolute Gasteiger partial charge is 0.354 e. The second-order valence-electron chi connectivity index (χ2n) is 3.83. The summed E-state index contributed by atoms with van der Waals surface area (Å²) in [5.41, 5.74) is 6.93. The molecule has 3 heterocycles. The van der Waals surface area contributed by atoms with E-state index in [1.54, 1.807) is 17.7 Å². The van der Waals surface area contributed by atoms with Crippen molar-refractivity contribution in [2.45, 2.75) is 12.5 Å². The molecule has 0 radical (unpaired) electrons. The highest BCUT2D eigenvalue weighted by atomic mass is 35.5. The molecule has 6 heteroatoms. The molecule has 1 aliphatic heterocycles. The van der Waals surface area contributed by atoms with Gasteiger partial charge in [-0.1, -0.05) is 0 Å². The number of nitrogens with zero attached hydrogens (tertiary/aromatic N) is 3. The molecular formula is C10H13ClN4S. The number of nitrogens with two attached hydrogens (primary N) is 1. The van der Waals surface area contributed by atoms with Crippen LogP contribution in [-0.2, 0) is 0 Å². The Hall–Kier alpha value is -0.910. The van der Waals surface area contributed by atoms with Gasteiger partial charge in [-0.3, -0.25) is 0 Å². The fourth-order valence-electron chi connectivity index (χ4n) is 1.98. The molecule has 1 aliphatic rings. The van der Waals surface area contributed by atoms with Crippen molar-refractivity contribution in [3.8, 4) is 0 Å². The van der Waals surface area contributed by atoms with Gasteiger partial charge in [0, 0.05) is 19.1 Å². The van der Waals surface area contributed by atoms with Crippen LogP contribution in [-0.4, -0.2) is 29.1 Å². The van der Waals surface area contributed by atoms with Crippen molar-refractivity contribution in [1.29, 1.82) is 0 Å². The minimum absolute atomic E-state index is 0. The number of thiophene rings is 1. The Labute approximate surface area is 104 Å². The van der Waals surface area contributed by atoms with Crippen molar-refractivity contribution >= 4 is 39.8 Å². The first-order valence-corrected chi connectivity index (χ1v) is 5.91. The Balaban J connectivity index is 0.000000963. The molecule has 0 spiro atoms. The van der Waals surface area contributed by atoms with E-state index >= 15 is 0 Å². The summed E-state index contributed by atoms with van der Waals surface area (Å²) in [6.07, 6.45) is 2.69. The van der Waals surface area contributed by atoms with Crippen molar-refractivity contribution in [3.05, 3.63) is 17.8 Å². The van der Waals surface area contributed by atoms with Crippen LogP contribution >= 0.6 is 23.7 Å². The van der Waals surface area contributed by atoms with E-state index in [4.69, 9.17) is 5.73 Å². The molecule has 1 fully saturated rings. The summed E-state index contributed by atoms with van der Waals surface area (Å²) >= 11 is 1.69. The molecule has 86 valence electrons. The van der Waals surface area contributed by atoms with Gasteiger partial charge in [0.1, 0.15) is 12.1 Å². The first-order chi connectivity index (χ1) is 7.34. The standard InChI is InChI=1S/C10H12N4S.ClH/c11-7-1-3-14(5-7)10-9-8(2-4-15-9)12-6-13-10;/h2,4,6-7H,1,3,5,11H2;1H. The summed E-state index contributed by atoms with van der Waals surface area (Å²) in [5.74, 6) is 1.04. The molecule has 2 N–H and O–H groups in total. The fraction of sp³-hybridized carbons (Fsp3) is 0.400. The zero-order chi connectivity index (χ0) is 10.3. The van der Waals surface area contributed by atoms with Crippen LogP contribution in [0.25, 0.3) is 10.2 Å². The highest BCUT2D eigenvalue weighted by Gasteiger charge is 2.22. The van der Waals surface area contributed by atoms with Crippen LogP contribution in [0.2, 0.25) is 0 Å². The van der Waals surface area contributed by atoms with Crippen LogP contribution in [0.1, 0.15) is 6.42 Å². The van der Waals surface area contributed by atoms with E-state index in [9.17, 15) is 0 Å². The zero-order valence-corrected chi connectivity index (χ0v) is 10.3. The third-order valence-electron chi connectivity index (χ3n) is 2.75. The maximum atomic E-state index is 5.90. The molecule has 2 aromatic rings. The van der Waals surface area contributed by atoms with Crippen molar-refractivity contribution in [2.75, 3.05) is 18.0 Å². The van der Waals surface area contributed by atoms with Crippen molar-refractivity contribution < 1.29 is 0 Å². The van der Waals surface area contributed by atoms with E-state index < -0.39 is 0 Å². The molecule has 0 bridgehead atoms. The molecule has 1 unspecified atom stereocenters. The molecule has 0 aromatic carbocycles. The number of aromatic nitrogens is 2. The first kappa shape index (κ1) is 11.6. The maximum Gasteiger partial charge on any atom is 0.150 e. The van der Waals surface area contributed by atoms with Crippen LogP contribution in [0.4, 0.5) is 5.82 Å². The lowest BCUT2D eigenvalue weighted by molar-refractivity contribution is 0.751. The second kappa shape index (κ2) is 4.53. The zero-order valence-electron chi connectivity index (χ0n) is 8.67. The van der Waals surface area contributed by atoms with E-state index in [0.717, 1.165) is 30.8 Å². The SMILES string of the molecule is Cl.NC1CCN(c2ncnc3ccsc23)C1. The number of fused-ring (bicyclic) bond motifs is 1. The van der Waals surface area contributed by atoms with E-state index in [2.05, 4.69) is 20.2 Å². The molecule has 4 nitrogen and oxygen atoms in total. The van der Waals surface area contributed by atoms with E-state index in [-0.39, 0.29) is 18.4 Å². The number of hydrogen-bond donors (Lipinski definition) is 1. The molecule has 16 heavy (non-hydrogen) atoms. The van der Waals surface area contributed by atoms with Crippen molar-refractivity contribution in [1.82, 2.24) is 9.97 Å². The number of rotatable bonds is 1. The molecule has 1 atom stereocenters. The lowest BCUT2D eigenvalue weighted by Crippen LogP contribution is -2.26. The van der Waals surface area contributed by atoms with Crippen LogP contribution in [0.5, 0.6) is 0 Å². The quantitative estimate of drug-likeness (QED) is 0.843. The highest BCUT2D eigenvalue weighted by Crippen LogP contribution is 2.29. The molecular weight excluding hydrogens is 244 g/mol. The monoisotopic (exact) mass is 256 g/mol. The minimum Gasteiger partial charge on any atom is -0.354 e. The molecule has 2 aromatic heterocycles. The van der Waals surface area contributed by atoms with Crippen LogP contribution in [0.3, 0.4) is 0 Å². The highest BCUT2D eigenvalue weighted by molar-refractivity contribution is 7.17. The van der Waals surface area contributed by atoms with Crippen LogP contribution in [0, 0.1) is 0 Å². The molecule has 0 aliphatic carbocycles. The summed E-state index contributed by atoms with van der Waals surface area (Å²) in [6, 6.07) is 2.32. The average Bonchev–Trinajstić information content (AvgIpc) is 2.84. The second-order valence-corrected chi connectivity index (χ2v) is 4.74. The van der Waals surface area contributed by atoms with E-state index in [0.29, 0.717) is 0 Å². The summed E-state index contributed by atoms with van der Waals surface area (Å²) in [4.78, 5) is 10.9. The van der Waals surface area contributed by atoms with Gasteiger partial charge in [0.2, 0.25) is 0 Å². The van der Waals surface area contributed by atoms with E-state index in [1.807, 2.05) is 6.07 Å². The van der Waals surface area contributed by atoms with Crippen LogP contribution < -0.4 is 10.6 Å². The normalized spacial score (nSPS) is 20.1. The Kier molecular flexibility index (Phi) is 3.28. The predicted molar refractivity (Wildman–Crippen MR) is 69.5 cm³/mol. The Morgan fingerprint density at radius 3 is 3.06 bits per heavy atom. The van der Waals surface area contributed by atoms with Gasteiger partial charge >= 0.3 is 0 Å². The van der Waals surface area contributed by atoms with Gasteiger partial charge in [0.15, 0.2) is 0 Å². The Morgan fingerprint density at radius 1 is 1.44 bits per heavy atom. The number of halogens is 1. The summed E-state index contributed by atoms with van der Waals surface area (Å²) in [7, 11) is 0. The minimum atomic E-state index is 0. The van der Waals surface area contributed by atoms with Gasteiger partial charge in [-0.05, 0) is 17.9 Å². The number of anilines is 1. The molecule has 0 saturated carbocycles. The molecule has 0 amide bonds.